The van der Waals surface area contributed by atoms with Gasteiger partial charge in [0.1, 0.15) is 0 Å². The lowest BCUT2D eigenvalue weighted by Crippen LogP contribution is -2.47. The van der Waals surface area contributed by atoms with E-state index in [4.69, 9.17) is 9.47 Å². The minimum absolute atomic E-state index is 0.0129. The Hall–Kier alpha value is -2.73. The van der Waals surface area contributed by atoms with E-state index in [1.54, 1.807) is 19.1 Å². The van der Waals surface area contributed by atoms with Gasteiger partial charge in [0.15, 0.2) is 0 Å². The van der Waals surface area contributed by atoms with Crippen LogP contribution in [0.1, 0.15) is 37.3 Å². The number of carbonyl (C=O) groups is 1. The number of benzene rings is 2. The van der Waals surface area contributed by atoms with Crippen molar-refractivity contribution in [3.05, 3.63) is 75.8 Å². The number of hydrogen-bond donors (Lipinski definition) is 0. The van der Waals surface area contributed by atoms with Crippen molar-refractivity contribution < 1.29 is 19.2 Å². The highest BCUT2D eigenvalue weighted by atomic mass is 16.6. The molecule has 0 radical (unpaired) electrons. The molecule has 0 aliphatic heterocycles. The van der Waals surface area contributed by atoms with E-state index in [9.17, 15) is 14.9 Å². The maximum Gasteiger partial charge on any atom is 0.306 e. The van der Waals surface area contributed by atoms with Crippen molar-refractivity contribution in [1.29, 1.82) is 0 Å². The predicted molar refractivity (Wildman–Crippen MR) is 100 cm³/mol. The lowest BCUT2D eigenvalue weighted by atomic mass is 9.60. The lowest BCUT2D eigenvalue weighted by molar-refractivity contribution is -0.385. The van der Waals surface area contributed by atoms with Crippen molar-refractivity contribution in [3.8, 4) is 0 Å². The second-order valence-corrected chi connectivity index (χ2v) is 6.90. The van der Waals surface area contributed by atoms with Gasteiger partial charge in [0, 0.05) is 17.5 Å². The van der Waals surface area contributed by atoms with Gasteiger partial charge in [0.2, 0.25) is 0 Å². The van der Waals surface area contributed by atoms with Gasteiger partial charge >= 0.3 is 5.97 Å². The fourth-order valence-electron chi connectivity index (χ4n) is 3.64. The van der Waals surface area contributed by atoms with E-state index >= 15 is 0 Å². The molecule has 2 aromatic rings. The molecule has 1 aliphatic rings. The number of nitro groups is 1. The van der Waals surface area contributed by atoms with Crippen LogP contribution < -0.4 is 0 Å². The summed E-state index contributed by atoms with van der Waals surface area (Å²) in [4.78, 5) is 22.8. The van der Waals surface area contributed by atoms with Gasteiger partial charge in [-0.2, -0.15) is 0 Å². The van der Waals surface area contributed by atoms with Gasteiger partial charge in [-0.3, -0.25) is 14.9 Å². The molecule has 1 fully saturated rings. The molecule has 0 unspecified atom stereocenters. The molecule has 2 aromatic carbocycles. The minimum Gasteiger partial charge on any atom is -0.466 e. The molecule has 1 saturated carbocycles. The normalized spacial score (nSPS) is 21.3. The summed E-state index contributed by atoms with van der Waals surface area (Å²) < 4.78 is 11.1. The van der Waals surface area contributed by atoms with E-state index in [1.807, 2.05) is 36.4 Å². The smallest absolute Gasteiger partial charge is 0.306 e. The molecule has 142 valence electrons. The van der Waals surface area contributed by atoms with E-state index in [0.29, 0.717) is 26.1 Å². The summed E-state index contributed by atoms with van der Waals surface area (Å²) in [5.74, 6) is -0.287. The van der Waals surface area contributed by atoms with Crippen molar-refractivity contribution in [3.63, 3.8) is 0 Å². The van der Waals surface area contributed by atoms with Gasteiger partial charge in [0.05, 0.1) is 30.7 Å². The van der Waals surface area contributed by atoms with E-state index in [1.165, 1.54) is 6.07 Å². The Kier molecular flexibility index (Phi) is 5.86. The second-order valence-electron chi connectivity index (χ2n) is 6.90. The summed E-state index contributed by atoms with van der Waals surface area (Å²) in [6, 6.07) is 16.4. The van der Waals surface area contributed by atoms with Crippen LogP contribution >= 0.6 is 0 Å². The number of nitrogens with zero attached hydrogens (tertiary/aromatic N) is 1. The predicted octanol–water partition coefficient (Wildman–Crippen LogP) is 4.17. The number of carbonyl (C=O) groups excluding carboxylic acids is 1. The van der Waals surface area contributed by atoms with Crippen molar-refractivity contribution in [2.24, 2.45) is 0 Å². The molecule has 3 rings (SSSR count). The monoisotopic (exact) mass is 369 g/mol. The fraction of sp³-hybridized carbons (Fsp3) is 0.381. The van der Waals surface area contributed by atoms with Crippen LogP contribution in [0.3, 0.4) is 0 Å². The molecule has 6 nitrogen and oxygen atoms in total. The Morgan fingerprint density at radius 3 is 2.59 bits per heavy atom. The highest BCUT2D eigenvalue weighted by molar-refractivity contribution is 5.72. The Labute approximate surface area is 158 Å². The maximum atomic E-state index is 12.1. The topological polar surface area (TPSA) is 78.7 Å². The number of esters is 1. The molecule has 0 amide bonds. The van der Waals surface area contributed by atoms with Gasteiger partial charge < -0.3 is 9.47 Å². The van der Waals surface area contributed by atoms with E-state index in [0.717, 1.165) is 11.1 Å². The van der Waals surface area contributed by atoms with Crippen molar-refractivity contribution in [2.45, 2.75) is 44.3 Å². The minimum atomic E-state index is -0.473. The van der Waals surface area contributed by atoms with E-state index in [2.05, 4.69) is 0 Å². The molecule has 0 aromatic heterocycles. The van der Waals surface area contributed by atoms with Crippen LogP contribution in [0.25, 0.3) is 0 Å². The van der Waals surface area contributed by atoms with Crippen LogP contribution in [0.15, 0.2) is 54.6 Å². The molecule has 0 heterocycles. The van der Waals surface area contributed by atoms with Crippen molar-refractivity contribution in [2.75, 3.05) is 6.61 Å². The third kappa shape index (κ3) is 4.52. The highest BCUT2D eigenvalue weighted by Crippen LogP contribution is 2.49. The Balaban J connectivity index is 1.72. The highest BCUT2D eigenvalue weighted by Gasteiger charge is 2.48. The molecule has 1 aliphatic carbocycles. The number of nitro benzene ring substituents is 1. The maximum absolute atomic E-state index is 12.1. The van der Waals surface area contributed by atoms with Crippen LogP contribution in [-0.4, -0.2) is 23.6 Å². The summed E-state index contributed by atoms with van der Waals surface area (Å²) in [6.07, 6.45) is 1.49. The SMILES string of the molecule is CCOC(=O)CC1(c2cccc([N+](=O)[O-])c2)CC(OCc2ccccc2)C1. The third-order valence-electron chi connectivity index (χ3n) is 5.02. The largest absolute Gasteiger partial charge is 0.466 e. The summed E-state index contributed by atoms with van der Waals surface area (Å²) in [5.41, 5.74) is 1.45. The molecule has 0 saturated heterocycles. The molecule has 0 spiro atoms. The summed E-state index contributed by atoms with van der Waals surface area (Å²) in [5, 5.41) is 11.1. The van der Waals surface area contributed by atoms with Crippen LogP contribution in [0, 0.1) is 10.1 Å². The van der Waals surface area contributed by atoms with Gasteiger partial charge in [0.25, 0.3) is 5.69 Å². The quantitative estimate of drug-likeness (QED) is 0.396. The zero-order valence-corrected chi connectivity index (χ0v) is 15.3. The summed E-state index contributed by atoms with van der Waals surface area (Å²) in [6.45, 7) is 2.60. The van der Waals surface area contributed by atoms with E-state index < -0.39 is 10.3 Å². The van der Waals surface area contributed by atoms with Gasteiger partial charge in [-0.1, -0.05) is 42.5 Å². The fourth-order valence-corrected chi connectivity index (χ4v) is 3.64. The van der Waals surface area contributed by atoms with Gasteiger partial charge in [-0.05, 0) is 30.9 Å². The first-order chi connectivity index (χ1) is 13.0. The van der Waals surface area contributed by atoms with Crippen LogP contribution in [-0.2, 0) is 26.3 Å². The molecular formula is C21H23NO5. The van der Waals surface area contributed by atoms with Gasteiger partial charge in [-0.15, -0.1) is 0 Å². The Morgan fingerprint density at radius 1 is 1.19 bits per heavy atom. The zero-order chi connectivity index (χ0) is 19.3. The van der Waals surface area contributed by atoms with Crippen LogP contribution in [0.2, 0.25) is 0 Å². The number of non-ortho nitro benzene ring substituents is 1. The van der Waals surface area contributed by atoms with E-state index in [-0.39, 0.29) is 24.2 Å². The second kappa shape index (κ2) is 8.31. The van der Waals surface area contributed by atoms with Gasteiger partial charge in [-0.25, -0.2) is 0 Å². The first kappa shape index (κ1) is 19.0. The standard InChI is InChI=1S/C21H23NO5/c1-2-26-20(23)14-21(17-9-6-10-18(11-17)22(24)25)12-19(13-21)27-15-16-7-4-3-5-8-16/h3-11,19H,2,12-15H2,1H3. The summed E-state index contributed by atoms with van der Waals surface area (Å²) >= 11 is 0. The number of hydrogen-bond acceptors (Lipinski definition) is 5. The average molecular weight is 369 g/mol. The average Bonchev–Trinajstić information content (AvgIpc) is 2.64. The number of ether oxygens (including phenoxy) is 2. The first-order valence-electron chi connectivity index (χ1n) is 9.08. The zero-order valence-electron chi connectivity index (χ0n) is 15.3. The third-order valence-corrected chi connectivity index (χ3v) is 5.02. The Morgan fingerprint density at radius 2 is 1.93 bits per heavy atom. The number of rotatable bonds is 8. The van der Waals surface area contributed by atoms with Crippen molar-refractivity contribution in [1.82, 2.24) is 0 Å². The molecule has 27 heavy (non-hydrogen) atoms. The Bertz CT molecular complexity index is 799. The molecular weight excluding hydrogens is 346 g/mol. The van der Waals surface area contributed by atoms with Crippen LogP contribution in [0.4, 0.5) is 5.69 Å². The first-order valence-corrected chi connectivity index (χ1v) is 9.08. The van der Waals surface area contributed by atoms with Crippen LogP contribution in [0.5, 0.6) is 0 Å². The summed E-state index contributed by atoms with van der Waals surface area (Å²) in [7, 11) is 0. The molecule has 6 heteroatoms. The van der Waals surface area contributed by atoms with Crippen molar-refractivity contribution >= 4 is 11.7 Å². The molecule has 0 bridgehead atoms. The molecule has 0 N–H and O–H groups in total. The molecule has 0 atom stereocenters. The lowest BCUT2D eigenvalue weighted by Gasteiger charge is -2.47.